The number of carbonyl (C=O) groups excluding carboxylic acids is 1. The molecule has 0 saturated carbocycles. The Morgan fingerprint density at radius 2 is 2.04 bits per heavy atom. The van der Waals surface area contributed by atoms with Crippen molar-refractivity contribution in [2.75, 3.05) is 4.90 Å². The number of hydrogen-bond donors (Lipinski definition) is 1. The van der Waals surface area contributed by atoms with Crippen molar-refractivity contribution < 1.29 is 4.79 Å². The van der Waals surface area contributed by atoms with Crippen molar-refractivity contribution in [3.8, 4) is 0 Å². The molecule has 0 spiro atoms. The Morgan fingerprint density at radius 1 is 1.30 bits per heavy atom. The summed E-state index contributed by atoms with van der Waals surface area (Å²) in [4.78, 5) is 25.8. The summed E-state index contributed by atoms with van der Waals surface area (Å²) in [6.07, 6.45) is 2.47. The molecule has 2 heterocycles. The molecule has 2 aromatic rings. The second-order valence-corrected chi connectivity index (χ2v) is 6.21. The topological polar surface area (TPSA) is 68.3 Å². The van der Waals surface area contributed by atoms with Gasteiger partial charge < -0.3 is 15.2 Å². The van der Waals surface area contributed by atoms with Gasteiger partial charge in [-0.15, -0.1) is 0 Å². The van der Waals surface area contributed by atoms with Crippen LogP contribution < -0.4 is 16.2 Å². The Labute approximate surface area is 135 Å². The lowest BCUT2D eigenvalue weighted by Crippen LogP contribution is -2.41. The molecule has 3 rings (SSSR count). The van der Waals surface area contributed by atoms with E-state index in [2.05, 4.69) is 11.8 Å². The van der Waals surface area contributed by atoms with Crippen LogP contribution in [0.1, 0.15) is 30.4 Å². The van der Waals surface area contributed by atoms with Crippen LogP contribution in [0.5, 0.6) is 0 Å². The largest absolute Gasteiger partial charge is 0.369 e. The first-order valence-electron chi connectivity index (χ1n) is 7.78. The molecule has 5 heteroatoms. The predicted molar refractivity (Wildman–Crippen MR) is 90.3 cm³/mol. The molecule has 2 N–H and O–H groups in total. The van der Waals surface area contributed by atoms with Crippen molar-refractivity contribution in [1.82, 2.24) is 4.57 Å². The highest BCUT2D eigenvalue weighted by Crippen LogP contribution is 2.38. The maximum Gasteiger partial charge on any atom is 0.250 e. The molecule has 1 aliphatic heterocycles. The first-order chi connectivity index (χ1) is 11.0. The lowest BCUT2D eigenvalue weighted by Gasteiger charge is -2.40. The van der Waals surface area contributed by atoms with Crippen LogP contribution in [0.4, 0.5) is 5.69 Å². The number of nitrogens with zero attached hydrogens (tertiary/aromatic N) is 2. The number of carbonyl (C=O) groups is 1. The van der Waals surface area contributed by atoms with Crippen LogP contribution in [0.3, 0.4) is 0 Å². The molecule has 0 fully saturated rings. The van der Waals surface area contributed by atoms with Gasteiger partial charge in [-0.3, -0.25) is 9.59 Å². The Balaban J connectivity index is 1.98. The lowest BCUT2D eigenvalue weighted by molar-refractivity contribution is -0.119. The Bertz CT molecular complexity index is 797. The number of aromatic nitrogens is 1. The fourth-order valence-corrected chi connectivity index (χ4v) is 3.27. The van der Waals surface area contributed by atoms with Gasteiger partial charge in [0.25, 0.3) is 5.56 Å². The summed E-state index contributed by atoms with van der Waals surface area (Å²) in [6.45, 7) is 2.73. The highest BCUT2D eigenvalue weighted by molar-refractivity contribution is 5.85. The number of primary amides is 1. The number of amides is 1. The number of fused-ring (bicyclic) bond motifs is 1. The summed E-state index contributed by atoms with van der Waals surface area (Å²) in [6, 6.07) is 11.7. The zero-order valence-corrected chi connectivity index (χ0v) is 13.4. The van der Waals surface area contributed by atoms with Crippen LogP contribution in [-0.4, -0.2) is 16.5 Å². The molecule has 2 unspecified atom stereocenters. The molecular weight excluding hydrogens is 290 g/mol. The zero-order valence-electron chi connectivity index (χ0n) is 13.4. The van der Waals surface area contributed by atoms with Crippen LogP contribution >= 0.6 is 0 Å². The summed E-state index contributed by atoms with van der Waals surface area (Å²) in [5, 5.41) is 0. The van der Waals surface area contributed by atoms with E-state index in [1.807, 2.05) is 30.3 Å². The average Bonchev–Trinajstić information content (AvgIpc) is 2.53. The number of pyridine rings is 1. The van der Waals surface area contributed by atoms with Gasteiger partial charge in [-0.1, -0.05) is 18.2 Å². The van der Waals surface area contributed by atoms with Gasteiger partial charge in [-0.25, -0.2) is 0 Å². The number of aryl methyl sites for hydroxylation is 1. The van der Waals surface area contributed by atoms with E-state index in [1.165, 1.54) is 0 Å². The van der Waals surface area contributed by atoms with Crippen molar-refractivity contribution in [3.63, 3.8) is 0 Å². The second-order valence-electron chi connectivity index (χ2n) is 6.21. The number of benzene rings is 1. The van der Waals surface area contributed by atoms with Crippen molar-refractivity contribution in [3.05, 3.63) is 64.1 Å². The number of anilines is 1. The average molecular weight is 311 g/mol. The van der Waals surface area contributed by atoms with E-state index in [1.54, 1.807) is 23.9 Å². The Morgan fingerprint density at radius 3 is 2.74 bits per heavy atom. The van der Waals surface area contributed by atoms with Gasteiger partial charge in [0.15, 0.2) is 0 Å². The molecule has 2 atom stereocenters. The zero-order chi connectivity index (χ0) is 16.6. The van der Waals surface area contributed by atoms with Gasteiger partial charge in [0.2, 0.25) is 5.91 Å². The molecule has 0 aliphatic carbocycles. The third-order valence-corrected chi connectivity index (χ3v) is 4.60. The minimum absolute atomic E-state index is 0.0181. The van der Waals surface area contributed by atoms with E-state index >= 15 is 0 Å². The van der Waals surface area contributed by atoms with Crippen LogP contribution in [0, 0.1) is 0 Å². The fourth-order valence-electron chi connectivity index (χ4n) is 3.27. The van der Waals surface area contributed by atoms with Gasteiger partial charge >= 0.3 is 0 Å². The van der Waals surface area contributed by atoms with Crippen LogP contribution in [-0.2, 0) is 18.4 Å². The molecule has 1 aromatic heterocycles. The van der Waals surface area contributed by atoms with Gasteiger partial charge in [-0.05, 0) is 36.6 Å². The van der Waals surface area contributed by atoms with E-state index in [0.717, 1.165) is 16.8 Å². The van der Waals surface area contributed by atoms with Crippen LogP contribution in [0.2, 0.25) is 0 Å². The summed E-state index contributed by atoms with van der Waals surface area (Å²) < 4.78 is 1.56. The number of nitrogens with two attached hydrogens (primary N) is 1. The maximum atomic E-state index is 11.8. The molecule has 0 saturated heterocycles. The highest BCUT2D eigenvalue weighted by Gasteiger charge is 2.32. The number of hydrogen-bond acceptors (Lipinski definition) is 3. The number of rotatable bonds is 3. The molecule has 120 valence electrons. The minimum Gasteiger partial charge on any atom is -0.369 e. The molecule has 0 radical (unpaired) electrons. The summed E-state index contributed by atoms with van der Waals surface area (Å²) in [7, 11) is 1.74. The molecular formula is C18H21N3O2. The molecule has 5 nitrogen and oxygen atoms in total. The van der Waals surface area contributed by atoms with Gasteiger partial charge in [0.05, 0.1) is 5.92 Å². The predicted octanol–water partition coefficient (Wildman–Crippen LogP) is 1.75. The Hall–Kier alpha value is -2.56. The third kappa shape index (κ3) is 2.86. The fraction of sp³-hybridized carbons (Fsp3) is 0.333. The van der Waals surface area contributed by atoms with Crippen molar-refractivity contribution in [2.45, 2.75) is 31.8 Å². The van der Waals surface area contributed by atoms with E-state index in [9.17, 15) is 9.59 Å². The molecule has 1 aliphatic rings. The van der Waals surface area contributed by atoms with Crippen LogP contribution in [0.25, 0.3) is 0 Å². The molecule has 23 heavy (non-hydrogen) atoms. The van der Waals surface area contributed by atoms with E-state index in [4.69, 9.17) is 5.73 Å². The standard InChI is InChI=1S/C18H21N3O2/c1-12-9-15(18(19)23)14-5-3-4-6-16(14)21(12)11-13-7-8-20(2)17(22)10-13/h3-8,10,12,15H,9,11H2,1-2H3,(H2,19,23). The SMILES string of the molecule is CC1CC(C(N)=O)c2ccccc2N1Cc1ccn(C)c(=O)c1. The smallest absolute Gasteiger partial charge is 0.250 e. The normalized spacial score (nSPS) is 20.2. The van der Waals surface area contributed by atoms with Crippen LogP contribution in [0.15, 0.2) is 47.4 Å². The van der Waals surface area contributed by atoms with E-state index < -0.39 is 0 Å². The van der Waals surface area contributed by atoms with E-state index in [0.29, 0.717) is 13.0 Å². The molecule has 1 aromatic carbocycles. The summed E-state index contributed by atoms with van der Waals surface area (Å²) in [5.41, 5.74) is 8.52. The van der Waals surface area contributed by atoms with Gasteiger partial charge in [0.1, 0.15) is 0 Å². The molecule has 1 amide bonds. The third-order valence-electron chi connectivity index (χ3n) is 4.60. The quantitative estimate of drug-likeness (QED) is 0.939. The highest BCUT2D eigenvalue weighted by atomic mass is 16.1. The summed E-state index contributed by atoms with van der Waals surface area (Å²) in [5.74, 6) is -0.529. The van der Waals surface area contributed by atoms with Gasteiger partial charge in [-0.2, -0.15) is 0 Å². The Kier molecular flexibility index (Phi) is 3.94. The molecule has 0 bridgehead atoms. The monoisotopic (exact) mass is 311 g/mol. The van der Waals surface area contributed by atoms with Crippen molar-refractivity contribution in [2.24, 2.45) is 12.8 Å². The number of para-hydroxylation sites is 1. The van der Waals surface area contributed by atoms with E-state index in [-0.39, 0.29) is 23.4 Å². The first-order valence-corrected chi connectivity index (χ1v) is 7.78. The van der Waals surface area contributed by atoms with Gasteiger partial charge in [0, 0.05) is 37.6 Å². The lowest BCUT2D eigenvalue weighted by atomic mass is 9.85. The first kappa shape index (κ1) is 15.3. The maximum absolute atomic E-state index is 11.8. The summed E-state index contributed by atoms with van der Waals surface area (Å²) >= 11 is 0. The van der Waals surface area contributed by atoms with Crippen molar-refractivity contribution >= 4 is 11.6 Å². The minimum atomic E-state index is -0.280. The van der Waals surface area contributed by atoms with Crippen molar-refractivity contribution in [1.29, 1.82) is 0 Å². The second kappa shape index (κ2) is 5.91.